The summed E-state index contributed by atoms with van der Waals surface area (Å²) in [5, 5.41) is 2.88. The van der Waals surface area contributed by atoms with E-state index in [0.29, 0.717) is 0 Å². The van der Waals surface area contributed by atoms with E-state index in [1.807, 2.05) is 62.4 Å². The van der Waals surface area contributed by atoms with Crippen LogP contribution in [0.5, 0.6) is 5.75 Å². The van der Waals surface area contributed by atoms with E-state index in [1.54, 1.807) is 0 Å². The molecule has 0 unspecified atom stereocenters. The first kappa shape index (κ1) is 15.8. The van der Waals surface area contributed by atoms with E-state index >= 15 is 0 Å². The fraction of sp³-hybridized carbons (Fsp3) is 0.211. The molecule has 2 aromatic rings. The van der Waals surface area contributed by atoms with Crippen LogP contribution >= 0.6 is 0 Å². The van der Waals surface area contributed by atoms with Crippen LogP contribution in [0.1, 0.15) is 16.7 Å². The molecule has 114 valence electrons. The molecule has 0 bridgehead atoms. The zero-order valence-electron chi connectivity index (χ0n) is 13.1. The third kappa shape index (κ3) is 4.22. The van der Waals surface area contributed by atoms with E-state index in [9.17, 15) is 4.79 Å². The molecule has 22 heavy (non-hydrogen) atoms. The second-order valence-electron chi connectivity index (χ2n) is 5.26. The highest BCUT2D eigenvalue weighted by Crippen LogP contribution is 2.19. The Bertz CT molecular complexity index is 677. The maximum absolute atomic E-state index is 12.0. The number of hydrogen-bond donors (Lipinski definition) is 1. The summed E-state index contributed by atoms with van der Waals surface area (Å²) in [6.45, 7) is 7.72. The zero-order chi connectivity index (χ0) is 15.9. The van der Waals surface area contributed by atoms with Crippen LogP contribution in [0.2, 0.25) is 0 Å². The van der Waals surface area contributed by atoms with Gasteiger partial charge in [0, 0.05) is 5.69 Å². The number of carbonyl (C=O) groups is 1. The van der Waals surface area contributed by atoms with E-state index in [2.05, 4.69) is 11.9 Å². The number of rotatable bonds is 6. The molecule has 0 radical (unpaired) electrons. The molecule has 2 aromatic carbocycles. The summed E-state index contributed by atoms with van der Waals surface area (Å²) in [6.07, 6.45) is 2.53. The van der Waals surface area contributed by atoms with Gasteiger partial charge in [-0.2, -0.15) is 0 Å². The second kappa shape index (κ2) is 7.46. The average Bonchev–Trinajstić information content (AvgIpc) is 2.49. The van der Waals surface area contributed by atoms with Gasteiger partial charge in [-0.25, -0.2) is 0 Å². The predicted octanol–water partition coefficient (Wildman–Crippen LogP) is 4.05. The standard InChI is InChI=1S/C19H21NO2/c1-4-7-16-8-5-6-9-18(16)22-13-19(21)20-17-11-10-14(2)12-15(17)3/h4-6,8-12H,1,7,13H2,2-3H3,(H,20,21). The molecule has 1 amide bonds. The Morgan fingerprint density at radius 2 is 2.00 bits per heavy atom. The second-order valence-corrected chi connectivity index (χ2v) is 5.26. The van der Waals surface area contributed by atoms with Crippen molar-refractivity contribution in [3.63, 3.8) is 0 Å². The highest BCUT2D eigenvalue weighted by molar-refractivity contribution is 5.92. The molecule has 0 fully saturated rings. The molecule has 0 aliphatic rings. The summed E-state index contributed by atoms with van der Waals surface area (Å²) >= 11 is 0. The van der Waals surface area contributed by atoms with Crippen LogP contribution in [0, 0.1) is 13.8 Å². The lowest BCUT2D eigenvalue weighted by Gasteiger charge is -2.12. The van der Waals surface area contributed by atoms with Gasteiger partial charge in [0.25, 0.3) is 5.91 Å². The van der Waals surface area contributed by atoms with Crippen LogP contribution in [0.15, 0.2) is 55.1 Å². The third-order valence-electron chi connectivity index (χ3n) is 3.35. The summed E-state index contributed by atoms with van der Waals surface area (Å²) in [5.74, 6) is 0.554. The van der Waals surface area contributed by atoms with Gasteiger partial charge >= 0.3 is 0 Å². The number of nitrogens with one attached hydrogen (secondary N) is 1. The van der Waals surface area contributed by atoms with Crippen molar-refractivity contribution in [1.29, 1.82) is 0 Å². The van der Waals surface area contributed by atoms with Gasteiger partial charge in [0.1, 0.15) is 5.75 Å². The quantitative estimate of drug-likeness (QED) is 0.816. The highest BCUT2D eigenvalue weighted by Gasteiger charge is 2.07. The summed E-state index contributed by atoms with van der Waals surface area (Å²) in [6, 6.07) is 13.6. The van der Waals surface area contributed by atoms with Crippen LogP contribution in [0.25, 0.3) is 0 Å². The van der Waals surface area contributed by atoms with Gasteiger partial charge in [0.15, 0.2) is 6.61 Å². The summed E-state index contributed by atoms with van der Waals surface area (Å²) in [5.41, 5.74) is 4.06. The van der Waals surface area contributed by atoms with Gasteiger partial charge in [-0.1, -0.05) is 42.0 Å². The zero-order valence-corrected chi connectivity index (χ0v) is 13.1. The first-order valence-corrected chi connectivity index (χ1v) is 7.29. The Morgan fingerprint density at radius 3 is 2.73 bits per heavy atom. The minimum absolute atomic E-state index is 0.0124. The van der Waals surface area contributed by atoms with Crippen LogP contribution in [-0.2, 0) is 11.2 Å². The molecule has 3 nitrogen and oxygen atoms in total. The Morgan fingerprint density at radius 1 is 1.23 bits per heavy atom. The van der Waals surface area contributed by atoms with Gasteiger partial charge < -0.3 is 10.1 Å². The number of ether oxygens (including phenoxy) is 1. The van der Waals surface area contributed by atoms with Gasteiger partial charge in [0.05, 0.1) is 0 Å². The number of amides is 1. The fourth-order valence-corrected chi connectivity index (χ4v) is 2.25. The van der Waals surface area contributed by atoms with E-state index in [0.717, 1.165) is 29.0 Å². The van der Waals surface area contributed by atoms with Crippen molar-refractivity contribution in [2.24, 2.45) is 0 Å². The maximum Gasteiger partial charge on any atom is 0.262 e. The fourth-order valence-electron chi connectivity index (χ4n) is 2.25. The molecule has 1 N–H and O–H groups in total. The number of hydrogen-bond acceptors (Lipinski definition) is 2. The Hall–Kier alpha value is -2.55. The topological polar surface area (TPSA) is 38.3 Å². The van der Waals surface area contributed by atoms with Crippen LogP contribution in [0.3, 0.4) is 0 Å². The molecule has 0 atom stereocenters. The monoisotopic (exact) mass is 295 g/mol. The first-order chi connectivity index (χ1) is 10.6. The smallest absolute Gasteiger partial charge is 0.262 e. The molecule has 0 heterocycles. The SMILES string of the molecule is C=CCc1ccccc1OCC(=O)Nc1ccc(C)cc1C. The number of allylic oxidation sites excluding steroid dienone is 1. The van der Waals surface area contributed by atoms with Crippen molar-refractivity contribution in [2.45, 2.75) is 20.3 Å². The molecule has 0 saturated heterocycles. The van der Waals surface area contributed by atoms with Crippen molar-refractivity contribution in [2.75, 3.05) is 11.9 Å². The molecule has 2 rings (SSSR count). The molecular formula is C19H21NO2. The van der Waals surface area contributed by atoms with Gasteiger partial charge in [-0.05, 0) is 43.5 Å². The van der Waals surface area contributed by atoms with E-state index in [1.165, 1.54) is 5.56 Å². The molecule has 0 aromatic heterocycles. The number of benzene rings is 2. The Labute approximate surface area is 131 Å². The van der Waals surface area contributed by atoms with Crippen LogP contribution < -0.4 is 10.1 Å². The molecule has 0 spiro atoms. The van der Waals surface area contributed by atoms with Crippen LogP contribution in [0.4, 0.5) is 5.69 Å². The van der Waals surface area contributed by atoms with Crippen molar-refractivity contribution < 1.29 is 9.53 Å². The van der Waals surface area contributed by atoms with E-state index in [4.69, 9.17) is 4.74 Å². The number of anilines is 1. The predicted molar refractivity (Wildman–Crippen MR) is 90.4 cm³/mol. The van der Waals surface area contributed by atoms with Crippen molar-refractivity contribution in [1.82, 2.24) is 0 Å². The van der Waals surface area contributed by atoms with Crippen molar-refractivity contribution in [3.05, 3.63) is 71.8 Å². The molecule has 0 aliphatic heterocycles. The lowest BCUT2D eigenvalue weighted by Crippen LogP contribution is -2.21. The highest BCUT2D eigenvalue weighted by atomic mass is 16.5. The van der Waals surface area contributed by atoms with Crippen molar-refractivity contribution in [3.8, 4) is 5.75 Å². The number of aryl methyl sites for hydroxylation is 2. The largest absolute Gasteiger partial charge is 0.483 e. The van der Waals surface area contributed by atoms with Crippen LogP contribution in [-0.4, -0.2) is 12.5 Å². The first-order valence-electron chi connectivity index (χ1n) is 7.29. The summed E-state index contributed by atoms with van der Waals surface area (Å²) < 4.78 is 5.63. The molecule has 0 aliphatic carbocycles. The molecule has 3 heteroatoms. The van der Waals surface area contributed by atoms with Gasteiger partial charge in [-0.15, -0.1) is 6.58 Å². The lowest BCUT2D eigenvalue weighted by atomic mass is 10.1. The third-order valence-corrected chi connectivity index (χ3v) is 3.35. The van der Waals surface area contributed by atoms with E-state index < -0.39 is 0 Å². The van der Waals surface area contributed by atoms with Gasteiger partial charge in [0.2, 0.25) is 0 Å². The Kier molecular flexibility index (Phi) is 5.37. The summed E-state index contributed by atoms with van der Waals surface area (Å²) in [7, 11) is 0. The minimum atomic E-state index is -0.166. The van der Waals surface area contributed by atoms with Crippen molar-refractivity contribution >= 4 is 11.6 Å². The molecule has 0 saturated carbocycles. The van der Waals surface area contributed by atoms with E-state index in [-0.39, 0.29) is 12.5 Å². The molecular weight excluding hydrogens is 274 g/mol. The minimum Gasteiger partial charge on any atom is -0.483 e. The Balaban J connectivity index is 1.97. The van der Waals surface area contributed by atoms with Gasteiger partial charge in [-0.3, -0.25) is 4.79 Å². The number of carbonyl (C=O) groups excluding carboxylic acids is 1. The lowest BCUT2D eigenvalue weighted by molar-refractivity contribution is -0.118. The normalized spacial score (nSPS) is 10.1. The average molecular weight is 295 g/mol. The number of para-hydroxylation sites is 1. The maximum atomic E-state index is 12.0. The summed E-state index contributed by atoms with van der Waals surface area (Å²) in [4.78, 5) is 12.0.